The molecule has 8 heteroatoms. The zero-order valence-electron chi connectivity index (χ0n) is 13.0. The minimum absolute atomic E-state index is 0.493. The molecule has 3 rings (SSSR count). The summed E-state index contributed by atoms with van der Waals surface area (Å²) < 4.78 is 5.34. The van der Waals surface area contributed by atoms with Crippen molar-refractivity contribution in [2.24, 2.45) is 0 Å². The van der Waals surface area contributed by atoms with E-state index in [1.165, 1.54) is 0 Å². The second-order valence-corrected chi connectivity index (χ2v) is 5.22. The van der Waals surface area contributed by atoms with Gasteiger partial charge in [0, 0.05) is 32.4 Å². The fourth-order valence-corrected chi connectivity index (χ4v) is 2.30. The van der Waals surface area contributed by atoms with E-state index in [1.54, 1.807) is 12.4 Å². The lowest BCUT2D eigenvalue weighted by molar-refractivity contribution is 0.0398. The average molecular weight is 315 g/mol. The fourth-order valence-electron chi connectivity index (χ4n) is 2.30. The molecule has 0 unspecified atom stereocenters. The minimum Gasteiger partial charge on any atom is -0.379 e. The van der Waals surface area contributed by atoms with Gasteiger partial charge in [-0.3, -0.25) is 9.88 Å². The number of hydrogen-bond donors (Lipinski definition) is 2. The smallest absolute Gasteiger partial charge is 0.245 e. The highest BCUT2D eigenvalue weighted by atomic mass is 16.5. The van der Waals surface area contributed by atoms with Crippen molar-refractivity contribution in [3.8, 4) is 0 Å². The van der Waals surface area contributed by atoms with Crippen LogP contribution in [0.4, 0.5) is 11.8 Å². The molecule has 0 aliphatic carbocycles. The fraction of sp³-hybridized carbons (Fsp3) is 0.467. The van der Waals surface area contributed by atoms with Crippen LogP contribution in [0.5, 0.6) is 0 Å². The number of rotatable bonds is 7. The van der Waals surface area contributed by atoms with Crippen LogP contribution in [0.1, 0.15) is 5.69 Å². The zero-order chi connectivity index (χ0) is 15.7. The average Bonchev–Trinajstić information content (AvgIpc) is 2.62. The second kappa shape index (κ2) is 8.35. The molecule has 122 valence electrons. The van der Waals surface area contributed by atoms with Gasteiger partial charge in [0.25, 0.3) is 0 Å². The van der Waals surface area contributed by atoms with Crippen molar-refractivity contribution >= 4 is 11.8 Å². The summed E-state index contributed by atoms with van der Waals surface area (Å²) in [6, 6.07) is 5.79. The standard InChI is InChI=1S/C15H21N7O/c1-2-4-16-13(3-1)11-18-15-20-14(12-19-21-15)17-5-6-22-7-9-23-10-8-22/h1-4,12H,5-11H2,(H2,17,18,20,21). The first-order valence-corrected chi connectivity index (χ1v) is 7.77. The number of anilines is 2. The summed E-state index contributed by atoms with van der Waals surface area (Å²) in [5, 5.41) is 14.4. The summed E-state index contributed by atoms with van der Waals surface area (Å²) in [5.74, 6) is 1.21. The SMILES string of the molecule is c1ccc(CNc2nncc(NCCN3CCOCC3)n2)nc1. The van der Waals surface area contributed by atoms with Crippen LogP contribution in [0.3, 0.4) is 0 Å². The maximum atomic E-state index is 5.34. The van der Waals surface area contributed by atoms with E-state index in [0.29, 0.717) is 12.5 Å². The number of hydrogen-bond acceptors (Lipinski definition) is 8. The van der Waals surface area contributed by atoms with Gasteiger partial charge in [-0.2, -0.15) is 10.1 Å². The monoisotopic (exact) mass is 315 g/mol. The van der Waals surface area contributed by atoms with Crippen molar-refractivity contribution in [3.63, 3.8) is 0 Å². The lowest BCUT2D eigenvalue weighted by atomic mass is 10.3. The Morgan fingerprint density at radius 3 is 2.91 bits per heavy atom. The molecule has 0 aromatic carbocycles. The van der Waals surface area contributed by atoms with Gasteiger partial charge in [0.2, 0.25) is 5.95 Å². The van der Waals surface area contributed by atoms with Gasteiger partial charge < -0.3 is 15.4 Å². The third-order valence-electron chi connectivity index (χ3n) is 3.55. The first-order valence-electron chi connectivity index (χ1n) is 7.77. The van der Waals surface area contributed by atoms with Gasteiger partial charge in [-0.1, -0.05) is 6.07 Å². The molecule has 1 fully saturated rings. The zero-order valence-corrected chi connectivity index (χ0v) is 13.0. The second-order valence-electron chi connectivity index (χ2n) is 5.22. The number of pyridine rings is 1. The Morgan fingerprint density at radius 1 is 1.17 bits per heavy atom. The molecule has 0 saturated carbocycles. The summed E-state index contributed by atoms with van der Waals surface area (Å²) in [7, 11) is 0. The highest BCUT2D eigenvalue weighted by Crippen LogP contribution is 2.05. The van der Waals surface area contributed by atoms with Gasteiger partial charge in [0.15, 0.2) is 5.82 Å². The van der Waals surface area contributed by atoms with E-state index in [9.17, 15) is 0 Å². The van der Waals surface area contributed by atoms with Gasteiger partial charge in [-0.25, -0.2) is 0 Å². The highest BCUT2D eigenvalue weighted by Gasteiger charge is 2.09. The van der Waals surface area contributed by atoms with Crippen molar-refractivity contribution in [1.29, 1.82) is 0 Å². The summed E-state index contributed by atoms with van der Waals surface area (Å²) in [6.45, 7) is 5.96. The highest BCUT2D eigenvalue weighted by molar-refractivity contribution is 5.37. The van der Waals surface area contributed by atoms with E-state index in [0.717, 1.165) is 50.9 Å². The Morgan fingerprint density at radius 2 is 2.09 bits per heavy atom. The third-order valence-corrected chi connectivity index (χ3v) is 3.55. The van der Waals surface area contributed by atoms with Gasteiger partial charge >= 0.3 is 0 Å². The Hall–Kier alpha value is -2.32. The van der Waals surface area contributed by atoms with Crippen LogP contribution in [0.15, 0.2) is 30.6 Å². The molecule has 0 bridgehead atoms. The quantitative estimate of drug-likeness (QED) is 0.769. The number of nitrogens with zero attached hydrogens (tertiary/aromatic N) is 5. The van der Waals surface area contributed by atoms with Crippen LogP contribution in [-0.2, 0) is 11.3 Å². The normalized spacial score (nSPS) is 15.3. The lowest BCUT2D eigenvalue weighted by Crippen LogP contribution is -2.39. The summed E-state index contributed by atoms with van der Waals surface area (Å²) in [6.07, 6.45) is 3.39. The van der Waals surface area contributed by atoms with Crippen molar-refractivity contribution in [3.05, 3.63) is 36.3 Å². The van der Waals surface area contributed by atoms with Gasteiger partial charge in [0.05, 0.1) is 31.6 Å². The van der Waals surface area contributed by atoms with Crippen LogP contribution < -0.4 is 10.6 Å². The number of nitrogens with one attached hydrogen (secondary N) is 2. The van der Waals surface area contributed by atoms with E-state index < -0.39 is 0 Å². The molecule has 1 aliphatic rings. The molecule has 8 nitrogen and oxygen atoms in total. The predicted octanol–water partition coefficient (Wildman–Crippen LogP) is 0.623. The molecule has 0 atom stereocenters. The maximum absolute atomic E-state index is 5.34. The Labute approximate surface area is 135 Å². The Kier molecular flexibility index (Phi) is 5.65. The number of aromatic nitrogens is 4. The first-order chi connectivity index (χ1) is 11.4. The van der Waals surface area contributed by atoms with Crippen LogP contribution in [0.25, 0.3) is 0 Å². The molecule has 0 radical (unpaired) electrons. The third kappa shape index (κ3) is 5.11. The molecule has 2 N–H and O–H groups in total. The lowest BCUT2D eigenvalue weighted by Gasteiger charge is -2.26. The largest absolute Gasteiger partial charge is 0.379 e. The molecule has 2 aromatic rings. The van der Waals surface area contributed by atoms with Crippen LogP contribution in [0.2, 0.25) is 0 Å². The van der Waals surface area contributed by atoms with Crippen LogP contribution in [-0.4, -0.2) is 64.5 Å². The molecular weight excluding hydrogens is 294 g/mol. The van der Waals surface area contributed by atoms with E-state index in [4.69, 9.17) is 4.74 Å². The minimum atomic E-state index is 0.493. The van der Waals surface area contributed by atoms with E-state index in [1.807, 2.05) is 18.2 Å². The molecule has 0 amide bonds. The Balaban J connectivity index is 1.45. The Bertz CT molecular complexity index is 589. The van der Waals surface area contributed by atoms with Gasteiger partial charge in [-0.05, 0) is 12.1 Å². The van der Waals surface area contributed by atoms with Gasteiger partial charge in [-0.15, -0.1) is 5.10 Å². The van der Waals surface area contributed by atoms with Gasteiger partial charge in [0.1, 0.15) is 0 Å². The summed E-state index contributed by atoms with van der Waals surface area (Å²) >= 11 is 0. The van der Waals surface area contributed by atoms with E-state index >= 15 is 0 Å². The topological polar surface area (TPSA) is 88.1 Å². The number of ether oxygens (including phenoxy) is 1. The van der Waals surface area contributed by atoms with Crippen molar-refractivity contribution in [2.45, 2.75) is 6.54 Å². The van der Waals surface area contributed by atoms with Crippen LogP contribution >= 0.6 is 0 Å². The molecule has 1 aliphatic heterocycles. The molecular formula is C15H21N7O. The summed E-state index contributed by atoms with van der Waals surface area (Å²) in [5.41, 5.74) is 0.932. The van der Waals surface area contributed by atoms with E-state index in [2.05, 4.69) is 35.7 Å². The number of morpholine rings is 1. The molecule has 23 heavy (non-hydrogen) atoms. The van der Waals surface area contributed by atoms with Crippen molar-refractivity contribution in [1.82, 2.24) is 25.1 Å². The van der Waals surface area contributed by atoms with Crippen LogP contribution in [0, 0.1) is 0 Å². The summed E-state index contributed by atoms with van der Waals surface area (Å²) in [4.78, 5) is 11.0. The molecule has 3 heterocycles. The first kappa shape index (κ1) is 15.6. The van der Waals surface area contributed by atoms with Crippen molar-refractivity contribution in [2.75, 3.05) is 50.0 Å². The molecule has 1 saturated heterocycles. The maximum Gasteiger partial charge on any atom is 0.245 e. The molecule has 2 aromatic heterocycles. The van der Waals surface area contributed by atoms with Crippen molar-refractivity contribution < 1.29 is 4.74 Å². The molecule has 0 spiro atoms. The van der Waals surface area contributed by atoms with E-state index in [-0.39, 0.29) is 0 Å². The predicted molar refractivity (Wildman–Crippen MR) is 87.1 cm³/mol.